The molecule has 1 atom stereocenters. The molecule has 8 heteroatoms. The lowest BCUT2D eigenvalue weighted by molar-refractivity contribution is -0.274. The second kappa shape index (κ2) is 6.15. The highest BCUT2D eigenvalue weighted by Gasteiger charge is 2.31. The van der Waals surface area contributed by atoms with E-state index in [4.69, 9.17) is 5.84 Å². The second-order valence-electron chi connectivity index (χ2n) is 4.29. The number of hydrogen-bond acceptors (Lipinski definition) is 4. The van der Waals surface area contributed by atoms with Gasteiger partial charge < -0.3 is 9.30 Å². The summed E-state index contributed by atoms with van der Waals surface area (Å²) in [7, 11) is 0. The molecule has 3 N–H and O–H groups in total. The minimum atomic E-state index is -4.70. The quantitative estimate of drug-likeness (QED) is 0.657. The number of halogens is 3. The van der Waals surface area contributed by atoms with Crippen molar-refractivity contribution in [3.63, 3.8) is 0 Å². The lowest BCUT2D eigenvalue weighted by atomic mass is 10.1. The van der Waals surface area contributed by atoms with Crippen LogP contribution in [0.15, 0.2) is 36.7 Å². The van der Waals surface area contributed by atoms with Gasteiger partial charge in [0.2, 0.25) is 0 Å². The highest BCUT2D eigenvalue weighted by Crippen LogP contribution is 2.26. The number of imidazole rings is 1. The molecule has 0 aliphatic carbocycles. The summed E-state index contributed by atoms with van der Waals surface area (Å²) < 4.78 is 42.1. The van der Waals surface area contributed by atoms with Gasteiger partial charge in [-0.2, -0.15) is 0 Å². The summed E-state index contributed by atoms with van der Waals surface area (Å²) >= 11 is 0. The zero-order valence-corrected chi connectivity index (χ0v) is 11.3. The van der Waals surface area contributed by atoms with Crippen LogP contribution in [0.25, 0.3) is 0 Å². The maximum Gasteiger partial charge on any atom is 0.573 e. The first-order valence-electron chi connectivity index (χ1n) is 6.27. The zero-order valence-electron chi connectivity index (χ0n) is 11.3. The standard InChI is InChI=1S/C13H15F3N4O/c1-2-20-8-7-18-12(20)11(19-17)9-3-5-10(6-4-9)21-13(14,15)16/h3-8,11,19H,2,17H2,1H3. The minimum absolute atomic E-state index is 0.277. The summed E-state index contributed by atoms with van der Waals surface area (Å²) in [6, 6.07) is 5.10. The van der Waals surface area contributed by atoms with Crippen LogP contribution in [-0.4, -0.2) is 15.9 Å². The lowest BCUT2D eigenvalue weighted by Crippen LogP contribution is -2.31. The fourth-order valence-corrected chi connectivity index (χ4v) is 2.03. The van der Waals surface area contributed by atoms with Crippen LogP contribution in [0.4, 0.5) is 13.2 Å². The van der Waals surface area contributed by atoms with Crippen molar-refractivity contribution in [2.45, 2.75) is 25.9 Å². The summed E-state index contributed by atoms with van der Waals surface area (Å²) in [6.07, 6.45) is -1.25. The van der Waals surface area contributed by atoms with Crippen molar-refractivity contribution in [1.29, 1.82) is 0 Å². The number of alkyl halides is 3. The summed E-state index contributed by atoms with van der Waals surface area (Å²) in [5.41, 5.74) is 3.30. The van der Waals surface area contributed by atoms with Gasteiger partial charge in [-0.05, 0) is 24.6 Å². The summed E-state index contributed by atoms with van der Waals surface area (Å²) in [5.74, 6) is 5.95. The van der Waals surface area contributed by atoms with Crippen LogP contribution < -0.4 is 16.0 Å². The van der Waals surface area contributed by atoms with E-state index in [-0.39, 0.29) is 5.75 Å². The van der Waals surface area contributed by atoms with Crippen molar-refractivity contribution < 1.29 is 17.9 Å². The SMILES string of the molecule is CCn1ccnc1C(NN)c1ccc(OC(F)(F)F)cc1. The van der Waals surface area contributed by atoms with Crippen LogP contribution >= 0.6 is 0 Å². The van der Waals surface area contributed by atoms with E-state index in [1.165, 1.54) is 24.3 Å². The third kappa shape index (κ3) is 3.73. The monoisotopic (exact) mass is 300 g/mol. The van der Waals surface area contributed by atoms with Crippen molar-refractivity contribution in [2.75, 3.05) is 0 Å². The number of nitrogens with zero attached hydrogens (tertiary/aromatic N) is 2. The topological polar surface area (TPSA) is 65.1 Å². The summed E-state index contributed by atoms with van der Waals surface area (Å²) in [6.45, 7) is 2.67. The molecule has 21 heavy (non-hydrogen) atoms. The van der Waals surface area contributed by atoms with Crippen molar-refractivity contribution in [1.82, 2.24) is 15.0 Å². The van der Waals surface area contributed by atoms with Gasteiger partial charge in [0.25, 0.3) is 0 Å². The smallest absolute Gasteiger partial charge is 0.406 e. The predicted octanol–water partition coefficient (Wildman–Crippen LogP) is 2.35. The maximum atomic E-state index is 12.1. The van der Waals surface area contributed by atoms with Crippen molar-refractivity contribution in [3.8, 4) is 5.75 Å². The molecule has 1 aromatic heterocycles. The van der Waals surface area contributed by atoms with Crippen LogP contribution in [0.3, 0.4) is 0 Å². The van der Waals surface area contributed by atoms with Gasteiger partial charge in [-0.3, -0.25) is 5.84 Å². The van der Waals surface area contributed by atoms with E-state index in [9.17, 15) is 13.2 Å². The van der Waals surface area contributed by atoms with E-state index in [1.807, 2.05) is 11.5 Å². The Kier molecular flexibility index (Phi) is 4.49. The molecule has 1 unspecified atom stereocenters. The Labute approximate surface area is 119 Å². The summed E-state index contributed by atoms with van der Waals surface area (Å²) in [4.78, 5) is 4.23. The molecule has 114 valence electrons. The normalized spacial score (nSPS) is 13.2. The van der Waals surface area contributed by atoms with E-state index in [1.54, 1.807) is 12.4 Å². The Bertz CT molecular complexity index is 580. The average molecular weight is 300 g/mol. The molecular weight excluding hydrogens is 285 g/mol. The Hall–Kier alpha value is -2.06. The number of aromatic nitrogens is 2. The molecule has 0 aliphatic rings. The highest BCUT2D eigenvalue weighted by molar-refractivity contribution is 5.32. The molecule has 2 rings (SSSR count). The fourth-order valence-electron chi connectivity index (χ4n) is 2.03. The lowest BCUT2D eigenvalue weighted by Gasteiger charge is -2.18. The number of benzene rings is 1. The first-order chi connectivity index (χ1) is 9.94. The van der Waals surface area contributed by atoms with Crippen molar-refractivity contribution in [2.24, 2.45) is 5.84 Å². The number of nitrogens with two attached hydrogens (primary N) is 1. The van der Waals surface area contributed by atoms with Crippen LogP contribution in [0.1, 0.15) is 24.4 Å². The molecule has 0 saturated heterocycles. The molecule has 1 heterocycles. The van der Waals surface area contributed by atoms with Gasteiger partial charge in [0.1, 0.15) is 17.6 Å². The molecule has 0 fully saturated rings. The number of hydrogen-bond donors (Lipinski definition) is 2. The van der Waals surface area contributed by atoms with Gasteiger partial charge in [-0.25, -0.2) is 10.4 Å². The van der Waals surface area contributed by atoms with Crippen molar-refractivity contribution in [3.05, 3.63) is 48.0 Å². The molecule has 0 amide bonds. The van der Waals surface area contributed by atoms with Crippen LogP contribution in [0.5, 0.6) is 5.75 Å². The van der Waals surface area contributed by atoms with E-state index in [2.05, 4.69) is 15.1 Å². The van der Waals surface area contributed by atoms with Gasteiger partial charge >= 0.3 is 6.36 Å². The molecule has 2 aromatic rings. The molecular formula is C13H15F3N4O. The predicted molar refractivity (Wildman–Crippen MR) is 70.2 cm³/mol. The van der Waals surface area contributed by atoms with Gasteiger partial charge in [0.15, 0.2) is 0 Å². The fraction of sp³-hybridized carbons (Fsp3) is 0.308. The molecule has 0 radical (unpaired) electrons. The van der Waals surface area contributed by atoms with Crippen LogP contribution in [0, 0.1) is 0 Å². The van der Waals surface area contributed by atoms with Gasteiger partial charge in [-0.1, -0.05) is 12.1 Å². The molecule has 0 aliphatic heterocycles. The van der Waals surface area contributed by atoms with E-state index >= 15 is 0 Å². The van der Waals surface area contributed by atoms with Crippen LogP contribution in [0.2, 0.25) is 0 Å². The van der Waals surface area contributed by atoms with Gasteiger partial charge in [0.05, 0.1) is 0 Å². The first-order valence-corrected chi connectivity index (χ1v) is 6.27. The first kappa shape index (κ1) is 15.3. The molecule has 0 spiro atoms. The molecule has 1 aromatic carbocycles. The van der Waals surface area contributed by atoms with E-state index < -0.39 is 12.4 Å². The third-order valence-corrected chi connectivity index (χ3v) is 2.96. The third-order valence-electron chi connectivity index (χ3n) is 2.96. The number of ether oxygens (including phenoxy) is 1. The largest absolute Gasteiger partial charge is 0.573 e. The minimum Gasteiger partial charge on any atom is -0.406 e. The van der Waals surface area contributed by atoms with Crippen molar-refractivity contribution >= 4 is 0 Å². The van der Waals surface area contributed by atoms with Gasteiger partial charge in [0, 0.05) is 18.9 Å². The molecule has 0 saturated carbocycles. The highest BCUT2D eigenvalue weighted by atomic mass is 19.4. The average Bonchev–Trinajstić information content (AvgIpc) is 2.88. The zero-order chi connectivity index (χ0) is 15.5. The van der Waals surface area contributed by atoms with Gasteiger partial charge in [-0.15, -0.1) is 13.2 Å². The van der Waals surface area contributed by atoms with E-state index in [0.29, 0.717) is 17.9 Å². The molecule has 5 nitrogen and oxygen atoms in total. The number of rotatable bonds is 5. The summed E-state index contributed by atoms with van der Waals surface area (Å²) in [5, 5.41) is 0. The second-order valence-corrected chi connectivity index (χ2v) is 4.29. The Morgan fingerprint density at radius 3 is 2.52 bits per heavy atom. The Balaban J connectivity index is 2.23. The molecule has 0 bridgehead atoms. The number of aryl methyl sites for hydroxylation is 1. The number of hydrazine groups is 1. The Morgan fingerprint density at radius 2 is 2.00 bits per heavy atom. The number of nitrogens with one attached hydrogen (secondary N) is 1. The maximum absolute atomic E-state index is 12.1. The van der Waals surface area contributed by atoms with E-state index in [0.717, 1.165) is 0 Å². The Morgan fingerprint density at radius 1 is 1.33 bits per heavy atom. The van der Waals surface area contributed by atoms with Crippen LogP contribution in [-0.2, 0) is 6.54 Å².